The number of nitrogens with one attached hydrogen (secondary N) is 1. The number of rotatable bonds is 3. The molecule has 104 valence electrons. The van der Waals surface area contributed by atoms with E-state index >= 15 is 0 Å². The van der Waals surface area contributed by atoms with Gasteiger partial charge in [-0.3, -0.25) is 4.79 Å². The molecule has 0 atom stereocenters. The molecule has 0 aliphatic rings. The summed E-state index contributed by atoms with van der Waals surface area (Å²) >= 11 is 0. The average Bonchev–Trinajstić information content (AvgIpc) is 2.36. The zero-order valence-electron chi connectivity index (χ0n) is 11.7. The van der Waals surface area contributed by atoms with Crippen LogP contribution in [0, 0.1) is 5.41 Å². The van der Waals surface area contributed by atoms with E-state index < -0.39 is 11.4 Å². The second-order valence-electron chi connectivity index (χ2n) is 4.98. The second-order valence-corrected chi connectivity index (χ2v) is 4.98. The highest BCUT2D eigenvalue weighted by molar-refractivity contribution is 5.97. The molecule has 0 unspecified atom stereocenters. The molecule has 0 saturated heterocycles. The van der Waals surface area contributed by atoms with Crippen LogP contribution in [0.5, 0.6) is 5.88 Å². The lowest BCUT2D eigenvalue weighted by atomic mass is 9.95. The summed E-state index contributed by atoms with van der Waals surface area (Å²) in [6, 6.07) is 1.47. The van der Waals surface area contributed by atoms with Gasteiger partial charge in [-0.1, -0.05) is 20.8 Å². The maximum absolute atomic E-state index is 11.9. The minimum atomic E-state index is -0.573. The number of pyridine rings is 1. The smallest absolute Gasteiger partial charge is 0.343 e. The van der Waals surface area contributed by atoms with Crippen LogP contribution in [0.25, 0.3) is 0 Å². The van der Waals surface area contributed by atoms with Crippen LogP contribution in [-0.2, 0) is 9.53 Å². The van der Waals surface area contributed by atoms with Gasteiger partial charge in [0.1, 0.15) is 5.56 Å². The Morgan fingerprint density at radius 1 is 1.26 bits per heavy atom. The number of aromatic nitrogens is 1. The lowest BCUT2D eigenvalue weighted by Gasteiger charge is -2.18. The Labute approximate surface area is 112 Å². The average molecular weight is 266 g/mol. The number of hydrogen-bond acceptors (Lipinski definition) is 5. The van der Waals surface area contributed by atoms with Gasteiger partial charge in [0.15, 0.2) is 0 Å². The fourth-order valence-electron chi connectivity index (χ4n) is 1.26. The van der Waals surface area contributed by atoms with Gasteiger partial charge in [-0.25, -0.2) is 9.78 Å². The molecule has 6 heteroatoms. The number of nitrogens with zero attached hydrogens (tertiary/aromatic N) is 1. The van der Waals surface area contributed by atoms with E-state index in [4.69, 9.17) is 4.74 Å². The van der Waals surface area contributed by atoms with Crippen molar-refractivity contribution in [1.82, 2.24) is 4.98 Å². The first-order valence-corrected chi connectivity index (χ1v) is 5.73. The van der Waals surface area contributed by atoms with Crippen molar-refractivity contribution < 1.29 is 19.1 Å². The SMILES string of the molecule is COC(=O)c1cc(NC(=O)C(C)(C)C)cnc1OC. The van der Waals surface area contributed by atoms with Crippen molar-refractivity contribution in [2.75, 3.05) is 19.5 Å². The second kappa shape index (κ2) is 5.69. The summed E-state index contributed by atoms with van der Waals surface area (Å²) in [4.78, 5) is 27.4. The van der Waals surface area contributed by atoms with Crippen LogP contribution in [0.2, 0.25) is 0 Å². The van der Waals surface area contributed by atoms with Crippen molar-refractivity contribution in [2.24, 2.45) is 5.41 Å². The highest BCUT2D eigenvalue weighted by atomic mass is 16.5. The van der Waals surface area contributed by atoms with Crippen molar-refractivity contribution in [3.05, 3.63) is 17.8 Å². The molecule has 0 aliphatic heterocycles. The third kappa shape index (κ3) is 3.67. The Balaban J connectivity index is 3.05. The summed E-state index contributed by atoms with van der Waals surface area (Å²) in [5.41, 5.74) is 0.0450. The van der Waals surface area contributed by atoms with Gasteiger partial charge in [0.05, 0.1) is 26.1 Å². The van der Waals surface area contributed by atoms with Crippen molar-refractivity contribution >= 4 is 17.6 Å². The monoisotopic (exact) mass is 266 g/mol. The van der Waals surface area contributed by atoms with E-state index in [1.54, 1.807) is 20.8 Å². The molecule has 0 saturated carbocycles. The van der Waals surface area contributed by atoms with Crippen molar-refractivity contribution in [3.63, 3.8) is 0 Å². The summed E-state index contributed by atoms with van der Waals surface area (Å²) in [7, 11) is 2.67. The lowest BCUT2D eigenvalue weighted by molar-refractivity contribution is -0.123. The predicted molar refractivity (Wildman–Crippen MR) is 70.2 cm³/mol. The van der Waals surface area contributed by atoms with Gasteiger partial charge in [-0.15, -0.1) is 0 Å². The molecule has 1 amide bonds. The fraction of sp³-hybridized carbons (Fsp3) is 0.462. The van der Waals surface area contributed by atoms with Gasteiger partial charge in [0.25, 0.3) is 0 Å². The van der Waals surface area contributed by atoms with Crippen molar-refractivity contribution in [3.8, 4) is 5.88 Å². The third-order valence-corrected chi connectivity index (χ3v) is 2.39. The highest BCUT2D eigenvalue weighted by Gasteiger charge is 2.22. The first-order chi connectivity index (χ1) is 8.79. The number of carbonyl (C=O) groups excluding carboxylic acids is 2. The molecule has 0 aromatic carbocycles. The van der Waals surface area contributed by atoms with Crippen LogP contribution in [0.15, 0.2) is 12.3 Å². The minimum Gasteiger partial charge on any atom is -0.480 e. The molecule has 0 aliphatic carbocycles. The summed E-state index contributed by atoms with van der Waals surface area (Å²) < 4.78 is 9.61. The summed E-state index contributed by atoms with van der Waals surface area (Å²) in [6.07, 6.45) is 1.43. The van der Waals surface area contributed by atoms with E-state index in [0.717, 1.165) is 0 Å². The zero-order chi connectivity index (χ0) is 14.6. The zero-order valence-corrected chi connectivity index (χ0v) is 11.7. The molecule has 1 aromatic heterocycles. The predicted octanol–water partition coefficient (Wildman–Crippen LogP) is 1.86. The van der Waals surface area contributed by atoms with Crippen LogP contribution in [0.4, 0.5) is 5.69 Å². The third-order valence-electron chi connectivity index (χ3n) is 2.39. The number of hydrogen-bond donors (Lipinski definition) is 1. The van der Waals surface area contributed by atoms with Crippen LogP contribution in [0.3, 0.4) is 0 Å². The molecule has 0 fully saturated rings. The van der Waals surface area contributed by atoms with Crippen LogP contribution < -0.4 is 10.1 Å². The Bertz CT molecular complexity index is 492. The summed E-state index contributed by atoms with van der Waals surface area (Å²) in [5, 5.41) is 2.69. The fourth-order valence-corrected chi connectivity index (χ4v) is 1.26. The van der Waals surface area contributed by atoms with E-state index in [9.17, 15) is 9.59 Å². The van der Waals surface area contributed by atoms with Crippen molar-refractivity contribution in [2.45, 2.75) is 20.8 Å². The van der Waals surface area contributed by atoms with E-state index in [0.29, 0.717) is 5.69 Å². The molecule has 0 bridgehead atoms. The molecule has 1 heterocycles. The van der Waals surface area contributed by atoms with E-state index in [1.807, 2.05) is 0 Å². The maximum atomic E-state index is 11.9. The molecule has 1 rings (SSSR count). The Morgan fingerprint density at radius 3 is 2.37 bits per heavy atom. The number of carbonyl (C=O) groups is 2. The van der Waals surface area contributed by atoms with Gasteiger partial charge in [-0.2, -0.15) is 0 Å². The molecule has 1 N–H and O–H groups in total. The van der Waals surface area contributed by atoms with E-state index in [-0.39, 0.29) is 17.4 Å². The first kappa shape index (κ1) is 14.9. The Morgan fingerprint density at radius 2 is 1.89 bits per heavy atom. The van der Waals surface area contributed by atoms with Gasteiger partial charge >= 0.3 is 5.97 Å². The van der Waals surface area contributed by atoms with Gasteiger partial charge in [0.2, 0.25) is 11.8 Å². The number of amides is 1. The van der Waals surface area contributed by atoms with E-state index in [1.165, 1.54) is 26.5 Å². The normalized spacial score (nSPS) is 10.8. The number of ether oxygens (including phenoxy) is 2. The quantitative estimate of drug-likeness (QED) is 0.845. The largest absolute Gasteiger partial charge is 0.480 e. The number of anilines is 1. The van der Waals surface area contributed by atoms with Crippen molar-refractivity contribution in [1.29, 1.82) is 0 Å². The lowest BCUT2D eigenvalue weighted by Crippen LogP contribution is -2.27. The number of methoxy groups -OCH3 is 2. The van der Waals surface area contributed by atoms with Gasteiger partial charge in [0, 0.05) is 5.41 Å². The maximum Gasteiger partial charge on any atom is 0.343 e. The van der Waals surface area contributed by atoms with E-state index in [2.05, 4.69) is 15.0 Å². The molecular weight excluding hydrogens is 248 g/mol. The van der Waals surface area contributed by atoms with Crippen LogP contribution >= 0.6 is 0 Å². The molecule has 0 radical (unpaired) electrons. The topological polar surface area (TPSA) is 77.5 Å². The molecule has 19 heavy (non-hydrogen) atoms. The summed E-state index contributed by atoms with van der Waals surface area (Å²) in [5.74, 6) is -0.591. The molecular formula is C13H18N2O4. The Hall–Kier alpha value is -2.11. The standard InChI is InChI=1S/C13H18N2O4/c1-13(2,3)12(17)15-8-6-9(11(16)19-5)10(18-4)14-7-8/h6-7H,1-5H3,(H,15,17). The van der Waals surface area contributed by atoms with Gasteiger partial charge in [-0.05, 0) is 6.07 Å². The highest BCUT2D eigenvalue weighted by Crippen LogP contribution is 2.22. The molecule has 6 nitrogen and oxygen atoms in total. The van der Waals surface area contributed by atoms with Crippen LogP contribution in [0.1, 0.15) is 31.1 Å². The molecule has 1 aromatic rings. The first-order valence-electron chi connectivity index (χ1n) is 5.73. The molecule has 0 spiro atoms. The number of esters is 1. The Kier molecular flexibility index (Phi) is 4.47. The van der Waals surface area contributed by atoms with Crippen LogP contribution in [-0.4, -0.2) is 31.1 Å². The summed E-state index contributed by atoms with van der Waals surface area (Å²) in [6.45, 7) is 5.38. The minimum absolute atomic E-state index is 0.153. The van der Waals surface area contributed by atoms with Gasteiger partial charge < -0.3 is 14.8 Å².